The van der Waals surface area contributed by atoms with Crippen LogP contribution in [0.2, 0.25) is 5.02 Å². The Morgan fingerprint density at radius 3 is 2.78 bits per heavy atom. The Morgan fingerprint density at radius 2 is 2.02 bits per heavy atom. The van der Waals surface area contributed by atoms with E-state index in [0.717, 1.165) is 31.1 Å². The van der Waals surface area contributed by atoms with Crippen LogP contribution in [0.25, 0.3) is 0 Å². The van der Waals surface area contributed by atoms with Crippen LogP contribution < -0.4 is 20.7 Å². The Morgan fingerprint density at radius 1 is 1.22 bits per heavy atom. The summed E-state index contributed by atoms with van der Waals surface area (Å²) < 4.78 is 86.6. The molecule has 1 aromatic carbocycles. The van der Waals surface area contributed by atoms with E-state index in [9.17, 15) is 22.4 Å². The second-order valence-corrected chi connectivity index (χ2v) is 14.2. The number of amides is 1. The average molecular weight is 725 g/mol. The number of halogens is 6. The van der Waals surface area contributed by atoms with E-state index in [4.69, 9.17) is 31.8 Å². The highest BCUT2D eigenvalue weighted by molar-refractivity contribution is 6.31. The van der Waals surface area contributed by atoms with Crippen molar-refractivity contribution in [2.75, 3.05) is 36.9 Å². The Bertz CT molecular complexity index is 1810. The van der Waals surface area contributed by atoms with Gasteiger partial charge in [-0.1, -0.05) is 11.6 Å². The van der Waals surface area contributed by atoms with Gasteiger partial charge >= 0.3 is 12.2 Å². The zero-order chi connectivity index (χ0) is 35.5. The van der Waals surface area contributed by atoms with E-state index in [1.807, 2.05) is 18.7 Å². The number of alkyl halides is 4. The summed E-state index contributed by atoms with van der Waals surface area (Å²) in [7, 11) is 0. The zero-order valence-electron chi connectivity index (χ0n) is 27.6. The van der Waals surface area contributed by atoms with Crippen molar-refractivity contribution in [3.05, 3.63) is 56.7 Å². The van der Waals surface area contributed by atoms with Crippen molar-refractivity contribution < 1.29 is 36.2 Å². The third-order valence-corrected chi connectivity index (χ3v) is 10.2. The van der Waals surface area contributed by atoms with E-state index in [1.165, 1.54) is 0 Å². The molecule has 0 bridgehead atoms. The lowest BCUT2D eigenvalue weighted by atomic mass is 9.93. The number of benzene rings is 1. The molecule has 3 atom stereocenters. The standard InChI is InChI=1S/C33H38ClF5N8O3/c1-17(2)41-30(48)24-9-19-14-45(6-4-8-47(19)44-24)29-20-15-49-25(26-27(33(37,38)39)21(34)10-22(40)28(26)36)11-23(20)42-31(43-29)50-16-32-5-3-7-46(32)13-18(35)12-32/h9-10,17-18,25H,3-8,11-16,40H2,1-2H3,(H,41,48). The van der Waals surface area contributed by atoms with Gasteiger partial charge in [0.2, 0.25) is 0 Å². The summed E-state index contributed by atoms with van der Waals surface area (Å²) in [6.45, 7) is 6.04. The number of rotatable bonds is 7. The average Bonchev–Trinajstić information content (AvgIpc) is 3.67. The van der Waals surface area contributed by atoms with Crippen LogP contribution in [0.5, 0.6) is 6.01 Å². The summed E-state index contributed by atoms with van der Waals surface area (Å²) in [6.07, 6.45) is -5.04. The molecule has 3 N–H and O–H groups in total. The molecule has 3 unspecified atom stereocenters. The van der Waals surface area contributed by atoms with Crippen LogP contribution in [0.4, 0.5) is 33.5 Å². The molecule has 2 aromatic heterocycles. The lowest BCUT2D eigenvalue weighted by Gasteiger charge is -2.33. The first-order chi connectivity index (χ1) is 23.7. The number of fused-ring (bicyclic) bond motifs is 3. The highest BCUT2D eigenvalue weighted by atomic mass is 35.5. The lowest BCUT2D eigenvalue weighted by Crippen LogP contribution is -2.43. The van der Waals surface area contributed by atoms with Crippen LogP contribution in [0.15, 0.2) is 12.1 Å². The maximum atomic E-state index is 15.4. The van der Waals surface area contributed by atoms with Gasteiger partial charge in [-0.05, 0) is 51.8 Å². The zero-order valence-corrected chi connectivity index (χ0v) is 28.4. The predicted octanol–water partition coefficient (Wildman–Crippen LogP) is 5.38. The number of carbonyl (C=O) groups is 1. The number of hydrogen-bond donors (Lipinski definition) is 2. The number of nitrogen functional groups attached to an aromatic ring is 1. The lowest BCUT2D eigenvalue weighted by molar-refractivity contribution is -0.140. The molecule has 0 radical (unpaired) electrons. The Kier molecular flexibility index (Phi) is 9.08. The molecule has 1 amide bonds. The molecule has 50 heavy (non-hydrogen) atoms. The van der Waals surface area contributed by atoms with Gasteiger partial charge in [0, 0.05) is 49.6 Å². The van der Waals surface area contributed by atoms with E-state index in [2.05, 4.69) is 20.3 Å². The molecule has 0 saturated carbocycles. The minimum atomic E-state index is -4.99. The van der Waals surface area contributed by atoms with Crippen molar-refractivity contribution in [2.45, 2.75) is 95.7 Å². The fraction of sp³-hybridized carbons (Fsp3) is 0.576. The smallest absolute Gasteiger partial charge is 0.418 e. The monoisotopic (exact) mass is 724 g/mol. The fourth-order valence-electron chi connectivity index (χ4n) is 7.74. The number of aryl methyl sites for hydroxylation is 1. The van der Waals surface area contributed by atoms with Crippen LogP contribution in [0.1, 0.15) is 84.2 Å². The molecular formula is C33H38ClF5N8O3. The number of ether oxygens (including phenoxy) is 2. The number of hydrogen-bond acceptors (Lipinski definition) is 9. The number of anilines is 2. The molecule has 2 saturated heterocycles. The fourth-order valence-corrected chi connectivity index (χ4v) is 8.06. The second kappa shape index (κ2) is 13.1. The summed E-state index contributed by atoms with van der Waals surface area (Å²) in [5.74, 6) is -1.12. The summed E-state index contributed by atoms with van der Waals surface area (Å²) >= 11 is 5.99. The highest BCUT2D eigenvalue weighted by Gasteiger charge is 2.49. The Labute approximate surface area is 290 Å². The van der Waals surface area contributed by atoms with Crippen LogP contribution in [0.3, 0.4) is 0 Å². The van der Waals surface area contributed by atoms with Gasteiger partial charge in [-0.25, -0.2) is 8.78 Å². The Balaban J connectivity index is 1.26. The van der Waals surface area contributed by atoms with Gasteiger partial charge < -0.3 is 25.4 Å². The second-order valence-electron chi connectivity index (χ2n) is 13.8. The molecule has 11 nitrogen and oxygen atoms in total. The topological polar surface area (TPSA) is 124 Å². The summed E-state index contributed by atoms with van der Waals surface area (Å²) in [4.78, 5) is 26.2. The van der Waals surface area contributed by atoms with Gasteiger partial charge in [-0.2, -0.15) is 28.2 Å². The van der Waals surface area contributed by atoms with E-state index < -0.39 is 51.6 Å². The van der Waals surface area contributed by atoms with Gasteiger partial charge in [0.1, 0.15) is 18.6 Å². The van der Waals surface area contributed by atoms with Crippen molar-refractivity contribution in [2.24, 2.45) is 0 Å². The molecule has 4 aliphatic heterocycles. The number of carbonyl (C=O) groups excluding carboxylic acids is 1. The van der Waals surface area contributed by atoms with Crippen LogP contribution >= 0.6 is 11.6 Å². The number of aromatic nitrogens is 4. The van der Waals surface area contributed by atoms with E-state index in [0.29, 0.717) is 56.1 Å². The highest BCUT2D eigenvalue weighted by Crippen LogP contribution is 2.46. The largest absolute Gasteiger partial charge is 0.461 e. The van der Waals surface area contributed by atoms with Crippen LogP contribution in [-0.2, 0) is 37.0 Å². The van der Waals surface area contributed by atoms with Gasteiger partial charge in [0.25, 0.3) is 5.91 Å². The molecule has 7 rings (SSSR count). The maximum Gasteiger partial charge on any atom is 0.418 e. The molecule has 0 aliphatic carbocycles. The number of nitrogens with two attached hydrogens (primary N) is 1. The maximum absolute atomic E-state index is 15.4. The summed E-state index contributed by atoms with van der Waals surface area (Å²) in [6, 6.07) is 2.36. The first-order valence-electron chi connectivity index (χ1n) is 16.7. The first kappa shape index (κ1) is 34.7. The Hall–Kier alpha value is -3.76. The number of nitrogens with zero attached hydrogens (tertiary/aromatic N) is 6. The summed E-state index contributed by atoms with van der Waals surface area (Å²) in [5, 5.41) is 6.63. The molecule has 6 heterocycles. The van der Waals surface area contributed by atoms with Gasteiger partial charge in [-0.3, -0.25) is 14.4 Å². The molecule has 4 aliphatic rings. The van der Waals surface area contributed by atoms with E-state index >= 15 is 4.39 Å². The third-order valence-electron chi connectivity index (χ3n) is 9.94. The van der Waals surface area contributed by atoms with Gasteiger partial charge in [-0.15, -0.1) is 0 Å². The molecular weight excluding hydrogens is 687 g/mol. The van der Waals surface area contributed by atoms with Crippen LogP contribution in [-0.4, -0.2) is 74.5 Å². The van der Waals surface area contributed by atoms with Crippen molar-refractivity contribution in [1.29, 1.82) is 0 Å². The SMILES string of the molecule is CC(C)NC(=O)c1cc2n(n1)CCCN(c1nc(OCC34CCCN3CC(F)C4)nc3c1COC(c1c(F)c(N)cc(Cl)c1C(F)(F)F)C3)C2. The van der Waals surface area contributed by atoms with Crippen molar-refractivity contribution >= 4 is 29.0 Å². The quantitative estimate of drug-likeness (QED) is 0.244. The number of nitrogens with one attached hydrogen (secondary N) is 1. The van der Waals surface area contributed by atoms with Gasteiger partial charge in [0.05, 0.1) is 52.5 Å². The first-order valence-corrected chi connectivity index (χ1v) is 17.1. The minimum Gasteiger partial charge on any atom is -0.461 e. The van der Waals surface area contributed by atoms with E-state index in [1.54, 1.807) is 10.7 Å². The van der Waals surface area contributed by atoms with Gasteiger partial charge in [0.15, 0.2) is 11.5 Å². The predicted molar refractivity (Wildman–Crippen MR) is 173 cm³/mol. The van der Waals surface area contributed by atoms with Crippen molar-refractivity contribution in [1.82, 2.24) is 30.0 Å². The van der Waals surface area contributed by atoms with Crippen molar-refractivity contribution in [3.63, 3.8) is 0 Å². The summed E-state index contributed by atoms with van der Waals surface area (Å²) in [5.41, 5.74) is 4.41. The molecule has 3 aromatic rings. The van der Waals surface area contributed by atoms with Crippen LogP contribution in [0, 0.1) is 5.82 Å². The normalized spacial score (nSPS) is 23.8. The molecule has 0 spiro atoms. The van der Waals surface area contributed by atoms with E-state index in [-0.39, 0.29) is 43.3 Å². The molecule has 17 heteroatoms. The third kappa shape index (κ3) is 6.45. The molecule has 270 valence electrons. The molecule has 2 fully saturated rings. The minimum absolute atomic E-state index is 0.0280. The van der Waals surface area contributed by atoms with Crippen molar-refractivity contribution in [3.8, 4) is 6.01 Å².